The average molecular weight is 1020 g/mol. The van der Waals surface area contributed by atoms with Crippen molar-refractivity contribution in [1.82, 2.24) is 9.97 Å². The van der Waals surface area contributed by atoms with Crippen LogP contribution in [0.15, 0.2) is 212 Å². The lowest BCUT2D eigenvalue weighted by atomic mass is 9.76. The summed E-state index contributed by atoms with van der Waals surface area (Å²) in [6, 6.07) is 63.2. The van der Waals surface area contributed by atoms with Crippen LogP contribution in [0.5, 0.6) is 0 Å². The zero-order valence-electron chi connectivity index (χ0n) is 38.2. The van der Waals surface area contributed by atoms with E-state index in [1.54, 1.807) is 12.1 Å². The number of hydrogen-bond acceptors (Lipinski definition) is 8. The third kappa shape index (κ3) is 13.4. The van der Waals surface area contributed by atoms with Gasteiger partial charge in [0.05, 0.1) is 22.5 Å². The number of halogens is 6. The molecule has 368 valence electrons. The molecule has 0 fully saturated rings. The van der Waals surface area contributed by atoms with Gasteiger partial charge in [-0.2, -0.15) is 4.99 Å². The second-order valence-corrected chi connectivity index (χ2v) is 16.3. The van der Waals surface area contributed by atoms with Gasteiger partial charge in [-0.15, -0.1) is 0 Å². The monoisotopic (exact) mass is 1010 g/mol. The minimum absolute atomic E-state index is 0.0789. The van der Waals surface area contributed by atoms with Gasteiger partial charge >= 0.3 is 6.09 Å². The van der Waals surface area contributed by atoms with Gasteiger partial charge in [0, 0.05) is 12.4 Å². The number of hydrogen-bond donors (Lipinski definition) is 6. The van der Waals surface area contributed by atoms with Crippen molar-refractivity contribution in [2.24, 2.45) is 16.5 Å². The van der Waals surface area contributed by atoms with Crippen molar-refractivity contribution in [3.63, 3.8) is 0 Å². The molecule has 0 aliphatic carbocycles. The van der Waals surface area contributed by atoms with Crippen LogP contribution in [0.2, 0.25) is 10.3 Å². The fraction of sp³-hybridized carbons (Fsp3) is 0.109. The molecule has 8 aromatic rings. The average Bonchev–Trinajstić information content (AvgIpc) is 3.40. The van der Waals surface area contributed by atoms with Crippen molar-refractivity contribution in [2.45, 2.75) is 23.9 Å². The Balaban J connectivity index is 0.000000219. The Kier molecular flexibility index (Phi) is 19.0. The molecule has 0 atom stereocenters. The van der Waals surface area contributed by atoms with Crippen molar-refractivity contribution in [2.75, 3.05) is 23.8 Å². The van der Waals surface area contributed by atoms with E-state index in [2.05, 4.69) is 66.7 Å². The smallest absolute Gasteiger partial charge is 0.435 e. The number of nitrogen functional groups attached to an aromatic ring is 1. The Morgan fingerprint density at radius 2 is 0.861 bits per heavy atom. The molecule has 0 radical (unpaired) electrons. The predicted octanol–water partition coefficient (Wildman–Crippen LogP) is 11.9. The summed E-state index contributed by atoms with van der Waals surface area (Å²) in [5.41, 5.74) is 18.0. The third-order valence-corrected chi connectivity index (χ3v) is 11.3. The van der Waals surface area contributed by atoms with Gasteiger partial charge in [0.1, 0.15) is 39.7 Å². The highest BCUT2D eigenvalue weighted by atomic mass is 35.5. The summed E-state index contributed by atoms with van der Waals surface area (Å²) in [4.78, 5) is 23.8. The van der Waals surface area contributed by atoms with Crippen LogP contribution in [-0.2, 0) is 15.8 Å². The molecule has 72 heavy (non-hydrogen) atoms. The fourth-order valence-corrected chi connectivity index (χ4v) is 8.09. The number of ether oxygens (including phenoxy) is 1. The number of aromatic nitrogens is 2. The number of nitrogens with zero attached hydrogens (tertiary/aromatic N) is 3. The van der Waals surface area contributed by atoms with Crippen LogP contribution in [0.4, 0.5) is 33.7 Å². The summed E-state index contributed by atoms with van der Waals surface area (Å²) in [7, 11) is 0. The molecule has 0 spiro atoms. The minimum atomic E-state index is -2.82. The largest absolute Gasteiger partial charge is 0.442 e. The van der Waals surface area contributed by atoms with Crippen molar-refractivity contribution in [3.05, 3.63) is 261 Å². The molecule has 2 aromatic heterocycles. The first-order valence-electron chi connectivity index (χ1n) is 22.0. The number of anilines is 2. The summed E-state index contributed by atoms with van der Waals surface area (Å²) in [5, 5.41) is 23.2. The molecule has 0 aliphatic heterocycles. The fourth-order valence-electron chi connectivity index (χ4n) is 7.78. The number of pyridine rings is 2. The van der Waals surface area contributed by atoms with Gasteiger partial charge < -0.3 is 31.9 Å². The maximum absolute atomic E-state index is 12.4. The van der Waals surface area contributed by atoms with Crippen molar-refractivity contribution in [3.8, 4) is 0 Å². The van der Waals surface area contributed by atoms with Gasteiger partial charge in [0.15, 0.2) is 6.61 Å². The lowest BCUT2D eigenvalue weighted by Gasteiger charge is -2.38. The maximum atomic E-state index is 12.4. The maximum Gasteiger partial charge on any atom is 0.435 e. The van der Waals surface area contributed by atoms with Crippen LogP contribution in [0.1, 0.15) is 44.5 Å². The van der Waals surface area contributed by atoms with Gasteiger partial charge in [-0.1, -0.05) is 205 Å². The number of nitrogens with two attached hydrogens (primary N) is 2. The van der Waals surface area contributed by atoms with Gasteiger partial charge in [0.25, 0.3) is 12.9 Å². The Morgan fingerprint density at radius 1 is 0.569 bits per heavy atom. The number of rotatable bonds is 15. The normalized spacial score (nSPS) is 11.4. The lowest BCUT2D eigenvalue weighted by molar-refractivity contribution is 0.0531. The number of amides is 1. The molecule has 0 saturated carbocycles. The molecule has 17 heteroatoms. The van der Waals surface area contributed by atoms with E-state index in [0.717, 1.165) is 33.4 Å². The number of aliphatic hydroxyl groups is 1. The standard InChI is InChI=1S/C28H23ClF2N4O2.C25H21ClN4.C2H4F2O/c29-24-16-23(22(17-33-24)26(32)34-27(36)37-18-25(30)31)35-28(19-10-4-1-5-11-19,20-12-6-2-7-13-20)21-14-8-3-9-15-21;26-23-16-22(21(17-29-23)24(27)28)30-25(18-10-4-1-5-11-18,19-12-6-2-7-13-19)20-14-8-3-9-15-20;3-2(4)1-5/h1-17,25H,18H2,(H,33,35)(H2,32,34,36);1-17H,(H3,27,28)(H,29,30);2,5H,1H2. The van der Waals surface area contributed by atoms with Crippen molar-refractivity contribution < 1.29 is 32.2 Å². The van der Waals surface area contributed by atoms with Crippen LogP contribution in [0.25, 0.3) is 0 Å². The first-order chi connectivity index (χ1) is 34.8. The molecular weight excluding hydrogens is 968 g/mol. The number of amidine groups is 2. The SMILES string of the molecule is N=C(N)c1cnc(Cl)cc1NC(c1ccccc1)(c1ccccc1)c1ccccc1.NC(=NC(=O)OCC(F)F)c1cnc(Cl)cc1NC(c1ccccc1)(c1ccccc1)c1ccccc1.OCC(F)F. The lowest BCUT2D eigenvalue weighted by Crippen LogP contribution is -2.39. The van der Waals surface area contributed by atoms with Crippen LogP contribution in [-0.4, -0.2) is 58.9 Å². The molecule has 0 saturated heterocycles. The van der Waals surface area contributed by atoms with E-state index in [-0.39, 0.29) is 22.4 Å². The van der Waals surface area contributed by atoms with E-state index in [0.29, 0.717) is 22.1 Å². The summed E-state index contributed by atoms with van der Waals surface area (Å²) < 4.78 is 50.4. The number of aliphatic imine (C=N–C) groups is 1. The topological polar surface area (TPSA) is 185 Å². The minimum Gasteiger partial charge on any atom is -0.442 e. The van der Waals surface area contributed by atoms with E-state index < -0.39 is 43.2 Å². The van der Waals surface area contributed by atoms with Gasteiger partial charge in [-0.3, -0.25) is 5.41 Å². The second-order valence-electron chi connectivity index (χ2n) is 15.5. The van der Waals surface area contributed by atoms with Crippen molar-refractivity contribution >= 4 is 52.3 Å². The summed E-state index contributed by atoms with van der Waals surface area (Å²) in [6.07, 6.45) is -3.74. The second kappa shape index (κ2) is 25.7. The summed E-state index contributed by atoms with van der Waals surface area (Å²) >= 11 is 12.5. The Bertz CT molecular complexity index is 2810. The van der Waals surface area contributed by atoms with Gasteiger partial charge in [-0.05, 0) is 45.5 Å². The molecule has 1 amide bonds. The number of alkyl halides is 4. The highest BCUT2D eigenvalue weighted by Crippen LogP contribution is 2.42. The molecule has 11 nitrogen and oxygen atoms in total. The number of benzene rings is 6. The summed E-state index contributed by atoms with van der Waals surface area (Å²) in [6.45, 7) is -2.11. The Labute approximate surface area is 423 Å². The number of aliphatic hydroxyl groups excluding tert-OH is 1. The number of carbonyl (C=O) groups is 1. The van der Waals surface area contributed by atoms with E-state index >= 15 is 0 Å². The summed E-state index contributed by atoms with van der Waals surface area (Å²) in [5.74, 6) is -0.348. The van der Waals surface area contributed by atoms with Crippen LogP contribution in [0, 0.1) is 5.41 Å². The van der Waals surface area contributed by atoms with Gasteiger partial charge in [-0.25, -0.2) is 32.3 Å². The predicted molar refractivity (Wildman–Crippen MR) is 276 cm³/mol. The van der Waals surface area contributed by atoms with Gasteiger partial charge in [0.2, 0.25) is 0 Å². The van der Waals surface area contributed by atoms with Crippen LogP contribution in [0.3, 0.4) is 0 Å². The number of nitrogens with one attached hydrogen (secondary N) is 3. The zero-order valence-corrected chi connectivity index (χ0v) is 39.7. The highest BCUT2D eigenvalue weighted by Gasteiger charge is 2.38. The molecule has 8 N–H and O–H groups in total. The molecule has 0 bridgehead atoms. The number of carbonyl (C=O) groups excluding carboxylic acids is 1. The molecular formula is C55H48Cl2F4N8O3. The molecule has 0 aliphatic rings. The Hall–Kier alpha value is -8.11. The highest BCUT2D eigenvalue weighted by molar-refractivity contribution is 6.30. The first kappa shape index (κ1) is 53.2. The van der Waals surface area contributed by atoms with E-state index in [9.17, 15) is 22.4 Å². The molecule has 2 heterocycles. The molecule has 6 aromatic carbocycles. The van der Waals surface area contributed by atoms with Crippen molar-refractivity contribution in [1.29, 1.82) is 5.41 Å². The van der Waals surface area contributed by atoms with Crippen LogP contribution < -0.4 is 22.1 Å². The van der Waals surface area contributed by atoms with Crippen LogP contribution >= 0.6 is 23.2 Å². The Morgan fingerprint density at radius 3 is 1.14 bits per heavy atom. The first-order valence-corrected chi connectivity index (χ1v) is 22.8. The van der Waals surface area contributed by atoms with E-state index in [1.807, 2.05) is 146 Å². The van der Waals surface area contributed by atoms with E-state index in [1.165, 1.54) is 12.4 Å². The molecule has 8 rings (SSSR count). The quantitative estimate of drug-likeness (QED) is 0.0191. The zero-order chi connectivity index (χ0) is 51.5. The van der Waals surface area contributed by atoms with E-state index in [4.69, 9.17) is 45.2 Å². The molecule has 0 unspecified atom stereocenters. The third-order valence-electron chi connectivity index (χ3n) is 10.9.